The maximum Gasteiger partial charge on any atom is 0.410 e. The molecule has 2 amide bonds. The third-order valence-corrected chi connectivity index (χ3v) is 7.11. The number of fused-ring (bicyclic) bond motifs is 1. The van der Waals surface area contributed by atoms with E-state index in [0.29, 0.717) is 38.2 Å². The first-order chi connectivity index (χ1) is 17.1. The summed E-state index contributed by atoms with van der Waals surface area (Å²) < 4.78 is 12.3. The lowest BCUT2D eigenvalue weighted by atomic mass is 9.77. The fourth-order valence-corrected chi connectivity index (χ4v) is 5.05. The second kappa shape index (κ2) is 10.00. The first-order valence-corrected chi connectivity index (χ1v) is 13.0. The Morgan fingerprint density at radius 1 is 1.08 bits per heavy atom. The summed E-state index contributed by atoms with van der Waals surface area (Å²) in [5, 5.41) is 0. The number of benzene rings is 2. The second-order valence-electron chi connectivity index (χ2n) is 10.7. The molecule has 0 aromatic heterocycles. The zero-order valence-electron chi connectivity index (χ0n) is 22.3. The second-order valence-corrected chi connectivity index (χ2v) is 10.7. The minimum Gasteiger partial charge on any atom is -0.482 e. The molecule has 0 radical (unpaired) electrons. The van der Waals surface area contributed by atoms with E-state index in [1.165, 1.54) is 0 Å². The van der Waals surface area contributed by atoms with Crippen molar-refractivity contribution in [2.75, 3.05) is 26.2 Å². The zero-order chi connectivity index (χ0) is 26.1. The van der Waals surface area contributed by atoms with Crippen LogP contribution >= 0.6 is 0 Å². The Labute approximate surface area is 214 Å². The Hall–Kier alpha value is -3.28. The maximum atomic E-state index is 12.8. The van der Waals surface area contributed by atoms with E-state index in [1.54, 1.807) is 4.90 Å². The molecule has 2 aromatic rings. The Kier molecular flexibility index (Phi) is 7.17. The summed E-state index contributed by atoms with van der Waals surface area (Å²) in [5.41, 5.74) is 2.81. The molecule has 2 aliphatic heterocycles. The van der Waals surface area contributed by atoms with E-state index in [9.17, 15) is 9.59 Å². The first kappa shape index (κ1) is 25.8. The van der Waals surface area contributed by atoms with Gasteiger partial charge in [-0.3, -0.25) is 4.79 Å². The van der Waals surface area contributed by atoms with E-state index in [4.69, 9.17) is 9.47 Å². The van der Waals surface area contributed by atoms with Crippen LogP contribution in [0.2, 0.25) is 0 Å². The van der Waals surface area contributed by atoms with E-state index in [-0.39, 0.29) is 17.9 Å². The normalized spacial score (nSPS) is 21.3. The van der Waals surface area contributed by atoms with E-state index >= 15 is 0 Å². The van der Waals surface area contributed by atoms with Gasteiger partial charge in [0.2, 0.25) is 0 Å². The fraction of sp³-hybridized carbons (Fsp3) is 0.467. The SMILES string of the molecule is CCN(CC)C(=O)c1ccc(C2=CC3(CCN(C(=O)OC(C)(C)C)CC3C)Oc3ccccc32)cc1. The lowest BCUT2D eigenvalue weighted by molar-refractivity contribution is -0.0261. The third kappa shape index (κ3) is 5.13. The van der Waals surface area contributed by atoms with Crippen molar-refractivity contribution in [2.24, 2.45) is 5.92 Å². The third-order valence-electron chi connectivity index (χ3n) is 7.11. The predicted octanol–water partition coefficient (Wildman–Crippen LogP) is 6.01. The van der Waals surface area contributed by atoms with Crippen LogP contribution in [0.1, 0.15) is 69.4 Å². The average molecular weight is 491 g/mol. The Morgan fingerprint density at radius 2 is 1.75 bits per heavy atom. The highest BCUT2D eigenvalue weighted by molar-refractivity contribution is 5.95. The summed E-state index contributed by atoms with van der Waals surface area (Å²) in [5.74, 6) is 0.953. The number of rotatable bonds is 4. The van der Waals surface area contributed by atoms with Gasteiger partial charge in [-0.1, -0.05) is 37.3 Å². The molecule has 6 heteroatoms. The van der Waals surface area contributed by atoms with Gasteiger partial charge in [0, 0.05) is 49.6 Å². The number of para-hydroxylation sites is 1. The highest BCUT2D eigenvalue weighted by Gasteiger charge is 2.45. The molecule has 6 nitrogen and oxygen atoms in total. The summed E-state index contributed by atoms with van der Waals surface area (Å²) in [6, 6.07) is 16.0. The molecule has 2 aromatic carbocycles. The Morgan fingerprint density at radius 3 is 2.36 bits per heavy atom. The van der Waals surface area contributed by atoms with Crippen molar-refractivity contribution >= 4 is 17.6 Å². The van der Waals surface area contributed by atoms with Gasteiger partial charge in [0.15, 0.2) is 0 Å². The highest BCUT2D eigenvalue weighted by atomic mass is 16.6. The van der Waals surface area contributed by atoms with Crippen molar-refractivity contribution < 1.29 is 19.1 Å². The van der Waals surface area contributed by atoms with Crippen molar-refractivity contribution in [3.05, 3.63) is 71.3 Å². The minimum absolute atomic E-state index is 0.0486. The summed E-state index contributed by atoms with van der Waals surface area (Å²) >= 11 is 0. The number of hydrogen-bond donors (Lipinski definition) is 0. The van der Waals surface area contributed by atoms with Gasteiger partial charge in [-0.2, -0.15) is 0 Å². The molecular weight excluding hydrogens is 452 g/mol. The van der Waals surface area contributed by atoms with Gasteiger partial charge in [0.05, 0.1) is 0 Å². The van der Waals surface area contributed by atoms with E-state index in [2.05, 4.69) is 19.1 Å². The number of carbonyl (C=O) groups excluding carboxylic acids is 2. The zero-order valence-corrected chi connectivity index (χ0v) is 22.3. The largest absolute Gasteiger partial charge is 0.482 e. The topological polar surface area (TPSA) is 59.1 Å². The average Bonchev–Trinajstić information content (AvgIpc) is 2.85. The standard InChI is InChI=1S/C30H38N2O4/c1-7-31(8-2)27(33)23-15-13-22(14-16-23)25-19-30(35-26-12-10-9-11-24(25)26)17-18-32(20-21(30)3)28(34)36-29(4,5)6/h9-16,19,21H,7-8,17-18,20H2,1-6H3. The van der Waals surface area contributed by atoms with Crippen molar-refractivity contribution in [1.29, 1.82) is 0 Å². The molecule has 1 spiro atoms. The number of amides is 2. The lowest BCUT2D eigenvalue weighted by Crippen LogP contribution is -2.55. The summed E-state index contributed by atoms with van der Waals surface area (Å²) in [4.78, 5) is 29.1. The Bertz CT molecular complexity index is 1140. The molecule has 2 aliphatic rings. The number of carbonyl (C=O) groups is 2. The van der Waals surface area contributed by atoms with Crippen LogP contribution in [0, 0.1) is 5.92 Å². The molecule has 1 fully saturated rings. The number of piperidine rings is 1. The van der Waals surface area contributed by atoms with Crippen LogP contribution in [0.3, 0.4) is 0 Å². The molecule has 2 unspecified atom stereocenters. The molecule has 0 bridgehead atoms. The molecule has 0 aliphatic carbocycles. The molecule has 0 N–H and O–H groups in total. The van der Waals surface area contributed by atoms with Crippen molar-refractivity contribution in [3.8, 4) is 5.75 Å². The molecule has 2 atom stereocenters. The molecule has 36 heavy (non-hydrogen) atoms. The van der Waals surface area contributed by atoms with E-state index in [1.807, 2.05) is 82.0 Å². The highest BCUT2D eigenvalue weighted by Crippen LogP contribution is 2.45. The number of ether oxygens (including phenoxy) is 2. The van der Waals surface area contributed by atoms with Crippen LogP contribution < -0.4 is 4.74 Å². The van der Waals surface area contributed by atoms with Crippen LogP contribution in [0.15, 0.2) is 54.6 Å². The number of hydrogen-bond acceptors (Lipinski definition) is 4. The van der Waals surface area contributed by atoms with Gasteiger partial charge < -0.3 is 19.3 Å². The molecule has 192 valence electrons. The van der Waals surface area contributed by atoms with Crippen LogP contribution in [-0.2, 0) is 4.74 Å². The van der Waals surface area contributed by atoms with Gasteiger partial charge in [-0.15, -0.1) is 0 Å². The van der Waals surface area contributed by atoms with Crippen LogP contribution in [0.5, 0.6) is 5.75 Å². The molecular formula is C30H38N2O4. The smallest absolute Gasteiger partial charge is 0.410 e. The maximum absolute atomic E-state index is 12.8. The fourth-order valence-electron chi connectivity index (χ4n) is 5.05. The molecule has 1 saturated heterocycles. The quantitative estimate of drug-likeness (QED) is 0.527. The van der Waals surface area contributed by atoms with Gasteiger partial charge in [-0.05, 0) is 70.0 Å². The van der Waals surface area contributed by atoms with Gasteiger partial charge >= 0.3 is 6.09 Å². The van der Waals surface area contributed by atoms with Gasteiger partial charge in [0.25, 0.3) is 5.91 Å². The van der Waals surface area contributed by atoms with Crippen LogP contribution in [0.25, 0.3) is 5.57 Å². The summed E-state index contributed by atoms with van der Waals surface area (Å²) in [6.07, 6.45) is 2.62. The van der Waals surface area contributed by atoms with Crippen LogP contribution in [-0.4, -0.2) is 59.2 Å². The Balaban J connectivity index is 1.64. The van der Waals surface area contributed by atoms with Crippen LogP contribution in [0.4, 0.5) is 4.79 Å². The summed E-state index contributed by atoms with van der Waals surface area (Å²) in [7, 11) is 0. The number of likely N-dealkylation sites (tertiary alicyclic amines) is 1. The number of nitrogens with zero attached hydrogens (tertiary/aromatic N) is 2. The lowest BCUT2D eigenvalue weighted by Gasteiger charge is -2.47. The predicted molar refractivity (Wildman–Crippen MR) is 142 cm³/mol. The van der Waals surface area contributed by atoms with Gasteiger partial charge in [-0.25, -0.2) is 4.79 Å². The molecule has 2 heterocycles. The van der Waals surface area contributed by atoms with Crippen molar-refractivity contribution in [3.63, 3.8) is 0 Å². The van der Waals surface area contributed by atoms with Crippen molar-refractivity contribution in [1.82, 2.24) is 9.80 Å². The van der Waals surface area contributed by atoms with Gasteiger partial charge in [0.1, 0.15) is 17.0 Å². The monoisotopic (exact) mass is 490 g/mol. The molecule has 4 rings (SSSR count). The van der Waals surface area contributed by atoms with Crippen molar-refractivity contribution in [2.45, 2.75) is 59.2 Å². The summed E-state index contributed by atoms with van der Waals surface area (Å²) in [6.45, 7) is 14.3. The van der Waals surface area contributed by atoms with E-state index < -0.39 is 11.2 Å². The first-order valence-electron chi connectivity index (χ1n) is 13.0. The minimum atomic E-state index is -0.530. The molecule has 0 saturated carbocycles. The van der Waals surface area contributed by atoms with E-state index in [0.717, 1.165) is 22.4 Å².